The van der Waals surface area contributed by atoms with Crippen molar-refractivity contribution in [3.05, 3.63) is 35.1 Å². The van der Waals surface area contributed by atoms with Gasteiger partial charge in [-0.25, -0.2) is 4.39 Å². The van der Waals surface area contributed by atoms with Crippen molar-refractivity contribution in [2.75, 3.05) is 0 Å². The van der Waals surface area contributed by atoms with Crippen LogP contribution < -0.4 is 0 Å². The van der Waals surface area contributed by atoms with Gasteiger partial charge in [0, 0.05) is 5.56 Å². The zero-order valence-corrected chi connectivity index (χ0v) is 7.66. The summed E-state index contributed by atoms with van der Waals surface area (Å²) in [6.45, 7) is 0. The number of rotatable bonds is 2. The van der Waals surface area contributed by atoms with Crippen LogP contribution in [0.1, 0.15) is 22.3 Å². The highest BCUT2D eigenvalue weighted by Gasteiger charge is 2.04. The highest BCUT2D eigenvalue weighted by Crippen LogP contribution is 2.10. The van der Waals surface area contributed by atoms with E-state index < -0.39 is 11.8 Å². The lowest BCUT2D eigenvalue weighted by molar-refractivity contribution is -0.135. The summed E-state index contributed by atoms with van der Waals surface area (Å²) in [5.74, 6) is 2.88. The molecular formula is C11H7FO3. The number of hydrogen-bond donors (Lipinski definition) is 1. The van der Waals surface area contributed by atoms with Crippen molar-refractivity contribution in [2.45, 2.75) is 6.42 Å². The predicted molar refractivity (Wildman–Crippen MR) is 50.9 cm³/mol. The highest BCUT2D eigenvalue weighted by molar-refractivity contribution is 5.79. The first kappa shape index (κ1) is 10.9. The van der Waals surface area contributed by atoms with E-state index >= 15 is 0 Å². The number of carboxylic acid groups (broad SMARTS) is 1. The minimum atomic E-state index is -1.09. The molecule has 4 heteroatoms. The molecule has 0 spiro atoms. The van der Waals surface area contributed by atoms with Crippen molar-refractivity contribution in [1.82, 2.24) is 0 Å². The van der Waals surface area contributed by atoms with Crippen molar-refractivity contribution in [1.29, 1.82) is 0 Å². The largest absolute Gasteiger partial charge is 0.481 e. The standard InChI is InChI=1S/C11H7FO3/c12-10-5-1-3-8(7-13)9(10)4-2-6-11(14)15/h1,3,5,7H,6H2,(H,14,15). The summed E-state index contributed by atoms with van der Waals surface area (Å²) in [6.07, 6.45) is 0.0977. The third kappa shape index (κ3) is 2.92. The van der Waals surface area contributed by atoms with Crippen molar-refractivity contribution < 1.29 is 19.1 Å². The molecule has 3 nitrogen and oxygen atoms in total. The van der Waals surface area contributed by atoms with Gasteiger partial charge in [-0.15, -0.1) is 0 Å². The first-order valence-electron chi connectivity index (χ1n) is 4.09. The van der Waals surface area contributed by atoms with Crippen LogP contribution in [0.3, 0.4) is 0 Å². The molecule has 76 valence electrons. The summed E-state index contributed by atoms with van der Waals surface area (Å²) in [6, 6.07) is 3.97. The Hall–Kier alpha value is -2.15. The normalized spacial score (nSPS) is 8.87. The molecule has 0 amide bonds. The van der Waals surface area contributed by atoms with E-state index in [-0.39, 0.29) is 17.5 Å². The number of aldehydes is 1. The summed E-state index contributed by atoms with van der Waals surface area (Å²) in [5.41, 5.74) is 0.0571. The zero-order valence-electron chi connectivity index (χ0n) is 7.66. The van der Waals surface area contributed by atoms with Crippen LogP contribution in [0.5, 0.6) is 0 Å². The van der Waals surface area contributed by atoms with Crippen LogP contribution in [0.2, 0.25) is 0 Å². The van der Waals surface area contributed by atoms with Crippen LogP contribution in [0.25, 0.3) is 0 Å². The van der Waals surface area contributed by atoms with Gasteiger partial charge >= 0.3 is 5.97 Å². The van der Waals surface area contributed by atoms with Crippen molar-refractivity contribution in [3.8, 4) is 11.8 Å². The summed E-state index contributed by atoms with van der Waals surface area (Å²) >= 11 is 0. The second kappa shape index (κ2) is 4.91. The molecule has 15 heavy (non-hydrogen) atoms. The Bertz CT molecular complexity index is 455. The van der Waals surface area contributed by atoms with Crippen molar-refractivity contribution >= 4 is 12.3 Å². The van der Waals surface area contributed by atoms with Gasteiger partial charge in [-0.3, -0.25) is 9.59 Å². The molecule has 1 aromatic carbocycles. The molecular weight excluding hydrogens is 199 g/mol. The Morgan fingerprint density at radius 1 is 1.53 bits per heavy atom. The van der Waals surface area contributed by atoms with Gasteiger partial charge in [0.1, 0.15) is 12.2 Å². The molecule has 1 aromatic rings. The van der Waals surface area contributed by atoms with E-state index in [9.17, 15) is 14.0 Å². The number of benzene rings is 1. The average Bonchev–Trinajstić information content (AvgIpc) is 2.20. The van der Waals surface area contributed by atoms with Crippen LogP contribution in [-0.4, -0.2) is 17.4 Å². The molecule has 0 atom stereocenters. The molecule has 0 unspecified atom stereocenters. The lowest BCUT2D eigenvalue weighted by Crippen LogP contribution is -1.93. The average molecular weight is 206 g/mol. The molecule has 1 N–H and O–H groups in total. The first-order chi connectivity index (χ1) is 7.15. The molecule has 0 fully saturated rings. The highest BCUT2D eigenvalue weighted by atomic mass is 19.1. The van der Waals surface area contributed by atoms with Gasteiger partial charge in [-0.1, -0.05) is 24.0 Å². The minimum absolute atomic E-state index is 0.0613. The van der Waals surface area contributed by atoms with E-state index in [4.69, 9.17) is 5.11 Å². The lowest BCUT2D eigenvalue weighted by Gasteiger charge is -1.96. The molecule has 0 saturated heterocycles. The van der Waals surface area contributed by atoms with Crippen LogP contribution in [0.4, 0.5) is 4.39 Å². The van der Waals surface area contributed by atoms with Gasteiger partial charge in [0.15, 0.2) is 6.29 Å². The van der Waals surface area contributed by atoms with Crippen LogP contribution in [0.15, 0.2) is 18.2 Å². The fourth-order valence-corrected chi connectivity index (χ4v) is 0.979. The van der Waals surface area contributed by atoms with E-state index in [0.29, 0.717) is 6.29 Å². The molecule has 0 radical (unpaired) electrons. The van der Waals surface area contributed by atoms with Gasteiger partial charge in [-0.05, 0) is 6.07 Å². The Morgan fingerprint density at radius 2 is 2.27 bits per heavy atom. The lowest BCUT2D eigenvalue weighted by atomic mass is 10.1. The number of halogens is 1. The van der Waals surface area contributed by atoms with Crippen molar-refractivity contribution in [3.63, 3.8) is 0 Å². The number of aliphatic carboxylic acids is 1. The van der Waals surface area contributed by atoms with Gasteiger partial charge in [0.25, 0.3) is 0 Å². The van der Waals surface area contributed by atoms with Gasteiger partial charge in [0.05, 0.1) is 5.56 Å². The van der Waals surface area contributed by atoms with E-state index in [0.717, 1.165) is 6.07 Å². The SMILES string of the molecule is O=Cc1cccc(F)c1C#CCC(=O)O. The fraction of sp³-hybridized carbons (Fsp3) is 0.0909. The maximum atomic E-state index is 13.2. The second-order valence-electron chi connectivity index (χ2n) is 2.69. The van der Waals surface area contributed by atoms with Crippen LogP contribution in [0, 0.1) is 17.7 Å². The number of carbonyl (C=O) groups is 2. The molecule has 0 aliphatic rings. The molecule has 0 aromatic heterocycles. The molecule has 0 aliphatic carbocycles. The van der Waals surface area contributed by atoms with E-state index in [1.807, 2.05) is 0 Å². The number of carbonyl (C=O) groups excluding carboxylic acids is 1. The smallest absolute Gasteiger partial charge is 0.315 e. The fourth-order valence-electron chi connectivity index (χ4n) is 0.979. The van der Waals surface area contributed by atoms with Gasteiger partial charge in [-0.2, -0.15) is 0 Å². The topological polar surface area (TPSA) is 54.4 Å². The van der Waals surface area contributed by atoms with Gasteiger partial charge < -0.3 is 5.11 Å². The molecule has 0 saturated carbocycles. The first-order valence-corrected chi connectivity index (χ1v) is 4.09. The molecule has 0 heterocycles. The third-order valence-corrected chi connectivity index (χ3v) is 1.63. The Labute approximate surface area is 85.5 Å². The van der Waals surface area contributed by atoms with Crippen molar-refractivity contribution in [2.24, 2.45) is 0 Å². The summed E-state index contributed by atoms with van der Waals surface area (Å²) in [4.78, 5) is 20.7. The zero-order chi connectivity index (χ0) is 11.3. The minimum Gasteiger partial charge on any atom is -0.481 e. The molecule has 0 bridgehead atoms. The van der Waals surface area contributed by atoms with E-state index in [1.54, 1.807) is 0 Å². The Morgan fingerprint density at radius 3 is 2.87 bits per heavy atom. The van der Waals surface area contributed by atoms with E-state index in [1.165, 1.54) is 12.1 Å². The second-order valence-corrected chi connectivity index (χ2v) is 2.69. The predicted octanol–water partition coefficient (Wildman–Crippen LogP) is 1.46. The van der Waals surface area contributed by atoms with Crippen LogP contribution in [-0.2, 0) is 4.79 Å². The Balaban J connectivity index is 3.05. The summed E-state index contributed by atoms with van der Waals surface area (Å²) in [7, 11) is 0. The maximum absolute atomic E-state index is 13.2. The summed E-state index contributed by atoms with van der Waals surface area (Å²) in [5, 5.41) is 8.32. The Kier molecular flexibility index (Phi) is 3.58. The van der Waals surface area contributed by atoms with Crippen LogP contribution >= 0.6 is 0 Å². The maximum Gasteiger partial charge on any atom is 0.315 e. The molecule has 0 aliphatic heterocycles. The third-order valence-electron chi connectivity index (χ3n) is 1.63. The summed E-state index contributed by atoms with van der Waals surface area (Å²) < 4.78 is 13.2. The monoisotopic (exact) mass is 206 g/mol. The quantitative estimate of drug-likeness (QED) is 0.588. The number of carboxylic acids is 1. The molecule has 1 rings (SSSR count). The van der Waals surface area contributed by atoms with E-state index in [2.05, 4.69) is 11.8 Å². The number of hydrogen-bond acceptors (Lipinski definition) is 2. The van der Waals surface area contributed by atoms with Gasteiger partial charge in [0.2, 0.25) is 0 Å².